The van der Waals surface area contributed by atoms with E-state index in [0.29, 0.717) is 41.7 Å². The summed E-state index contributed by atoms with van der Waals surface area (Å²) in [6, 6.07) is 20.4. The van der Waals surface area contributed by atoms with Gasteiger partial charge in [-0.1, -0.05) is 30.3 Å². The minimum Gasteiger partial charge on any atom is -0.493 e. The minimum absolute atomic E-state index is 0.0577. The molecular weight excluding hydrogens is 434 g/mol. The quantitative estimate of drug-likeness (QED) is 0.472. The first-order valence-corrected chi connectivity index (χ1v) is 11.1. The van der Waals surface area contributed by atoms with E-state index in [-0.39, 0.29) is 25.2 Å². The van der Waals surface area contributed by atoms with Gasteiger partial charge in [0.05, 0.1) is 27.4 Å². The molecule has 0 bridgehead atoms. The van der Waals surface area contributed by atoms with Gasteiger partial charge in [-0.25, -0.2) is 0 Å². The second kappa shape index (κ2) is 10.8. The highest BCUT2D eigenvalue weighted by Crippen LogP contribution is 2.39. The molecule has 7 nitrogen and oxygen atoms in total. The summed E-state index contributed by atoms with van der Waals surface area (Å²) in [6.07, 6.45) is 0.692. The predicted molar refractivity (Wildman–Crippen MR) is 128 cm³/mol. The number of hydrogen-bond acceptors (Lipinski definition) is 6. The second-order valence-corrected chi connectivity index (χ2v) is 7.82. The standard InChI is InChI=1S/C27H29NO6/c1-30-23-11-7-8-12-24(23)34-17-22-21-16-26(32-3)25(31-2)15-19(21)13-14-28(22)27(29)18-33-20-9-5-4-6-10-20/h4-12,15-16,22H,13-14,17-18H2,1-3H3/t22-/m0/s1. The van der Waals surface area contributed by atoms with E-state index in [9.17, 15) is 4.79 Å². The van der Waals surface area contributed by atoms with Gasteiger partial charge in [-0.3, -0.25) is 4.79 Å². The van der Waals surface area contributed by atoms with Crippen molar-refractivity contribution in [1.82, 2.24) is 4.90 Å². The topological polar surface area (TPSA) is 66.5 Å². The van der Waals surface area contributed by atoms with Gasteiger partial charge in [-0.05, 0) is 53.9 Å². The molecule has 3 aromatic carbocycles. The Kier molecular flexibility index (Phi) is 7.42. The summed E-state index contributed by atoms with van der Waals surface area (Å²) in [7, 11) is 4.82. The molecule has 0 radical (unpaired) electrons. The minimum atomic E-state index is -0.333. The van der Waals surface area contributed by atoms with Crippen molar-refractivity contribution < 1.29 is 28.5 Å². The van der Waals surface area contributed by atoms with E-state index in [1.165, 1.54) is 0 Å². The number of methoxy groups -OCH3 is 3. The first-order valence-electron chi connectivity index (χ1n) is 11.1. The highest BCUT2D eigenvalue weighted by atomic mass is 16.5. The van der Waals surface area contributed by atoms with Crippen molar-refractivity contribution in [1.29, 1.82) is 0 Å². The van der Waals surface area contributed by atoms with Crippen LogP contribution in [-0.2, 0) is 11.2 Å². The number of ether oxygens (including phenoxy) is 5. The molecule has 1 aliphatic heterocycles. The van der Waals surface area contributed by atoms with Crippen molar-refractivity contribution >= 4 is 5.91 Å². The summed E-state index contributed by atoms with van der Waals surface area (Å²) >= 11 is 0. The van der Waals surface area contributed by atoms with Crippen LogP contribution in [-0.4, -0.2) is 51.9 Å². The summed E-state index contributed by atoms with van der Waals surface area (Å²) in [6.45, 7) is 0.733. The number of nitrogens with zero attached hydrogens (tertiary/aromatic N) is 1. The molecule has 1 amide bonds. The zero-order chi connectivity index (χ0) is 23.9. The van der Waals surface area contributed by atoms with Gasteiger partial charge in [0.15, 0.2) is 29.6 Å². The summed E-state index contributed by atoms with van der Waals surface area (Å²) in [5.74, 6) is 3.07. The number of para-hydroxylation sites is 3. The van der Waals surface area contributed by atoms with E-state index < -0.39 is 0 Å². The average molecular weight is 464 g/mol. The summed E-state index contributed by atoms with van der Waals surface area (Å²) in [5.41, 5.74) is 2.06. The van der Waals surface area contributed by atoms with Gasteiger partial charge in [-0.2, -0.15) is 0 Å². The number of rotatable bonds is 9. The molecule has 1 atom stereocenters. The third-order valence-electron chi connectivity index (χ3n) is 5.89. The highest BCUT2D eigenvalue weighted by molar-refractivity contribution is 5.79. The summed E-state index contributed by atoms with van der Waals surface area (Å²) < 4.78 is 28.4. The maximum Gasteiger partial charge on any atom is 0.261 e. The molecule has 0 aromatic heterocycles. The van der Waals surface area contributed by atoms with Gasteiger partial charge in [0.1, 0.15) is 12.4 Å². The lowest BCUT2D eigenvalue weighted by Crippen LogP contribution is -2.44. The molecule has 0 fully saturated rings. The molecule has 4 rings (SSSR count). The SMILES string of the molecule is COc1cc2c(cc1OC)[C@H](COc1ccccc1OC)N(C(=O)COc1ccccc1)CC2. The van der Waals surface area contributed by atoms with E-state index in [1.54, 1.807) is 21.3 Å². The molecule has 3 aromatic rings. The van der Waals surface area contributed by atoms with Crippen LogP contribution in [0.25, 0.3) is 0 Å². The van der Waals surface area contributed by atoms with Crippen LogP contribution in [0.5, 0.6) is 28.7 Å². The highest BCUT2D eigenvalue weighted by Gasteiger charge is 2.33. The summed E-state index contributed by atoms with van der Waals surface area (Å²) in [4.78, 5) is 15.1. The third-order valence-corrected chi connectivity index (χ3v) is 5.89. The van der Waals surface area contributed by atoms with Gasteiger partial charge >= 0.3 is 0 Å². The average Bonchev–Trinajstić information content (AvgIpc) is 2.90. The predicted octanol–water partition coefficient (Wildman–Crippen LogP) is 4.30. The van der Waals surface area contributed by atoms with Crippen molar-refractivity contribution in [2.75, 3.05) is 41.1 Å². The lowest BCUT2D eigenvalue weighted by atomic mass is 9.92. The molecule has 1 heterocycles. The van der Waals surface area contributed by atoms with E-state index in [2.05, 4.69) is 0 Å². The van der Waals surface area contributed by atoms with Gasteiger partial charge in [0.25, 0.3) is 5.91 Å². The van der Waals surface area contributed by atoms with Gasteiger partial charge < -0.3 is 28.6 Å². The van der Waals surface area contributed by atoms with E-state index >= 15 is 0 Å². The van der Waals surface area contributed by atoms with Gasteiger partial charge in [0, 0.05) is 6.54 Å². The van der Waals surface area contributed by atoms with Crippen LogP contribution in [0.1, 0.15) is 17.2 Å². The van der Waals surface area contributed by atoms with Crippen molar-refractivity contribution in [3.63, 3.8) is 0 Å². The zero-order valence-corrected chi connectivity index (χ0v) is 19.7. The van der Waals surface area contributed by atoms with Crippen molar-refractivity contribution in [2.45, 2.75) is 12.5 Å². The summed E-state index contributed by atoms with van der Waals surface area (Å²) in [5, 5.41) is 0. The van der Waals surface area contributed by atoms with Crippen LogP contribution in [0.4, 0.5) is 0 Å². The molecule has 0 saturated carbocycles. The van der Waals surface area contributed by atoms with Crippen LogP contribution in [0.2, 0.25) is 0 Å². The van der Waals surface area contributed by atoms with Crippen LogP contribution in [0.3, 0.4) is 0 Å². The van der Waals surface area contributed by atoms with Crippen LogP contribution < -0.4 is 23.7 Å². The molecule has 0 aliphatic carbocycles. The number of carbonyl (C=O) groups excluding carboxylic acids is 1. The Balaban J connectivity index is 1.61. The van der Waals surface area contributed by atoms with Crippen LogP contribution in [0.15, 0.2) is 66.7 Å². The monoisotopic (exact) mass is 463 g/mol. The molecule has 0 spiro atoms. The van der Waals surface area contributed by atoms with Gasteiger partial charge in [-0.15, -0.1) is 0 Å². The Morgan fingerprint density at radius 3 is 2.18 bits per heavy atom. The Morgan fingerprint density at radius 2 is 1.47 bits per heavy atom. The third kappa shape index (κ3) is 5.03. The number of benzene rings is 3. The molecular formula is C27H29NO6. The lowest BCUT2D eigenvalue weighted by Gasteiger charge is -2.37. The first-order chi connectivity index (χ1) is 16.6. The zero-order valence-electron chi connectivity index (χ0n) is 19.7. The van der Waals surface area contributed by atoms with Crippen molar-refractivity contribution in [3.8, 4) is 28.7 Å². The first kappa shape index (κ1) is 23.3. The molecule has 1 aliphatic rings. The largest absolute Gasteiger partial charge is 0.493 e. The van der Waals surface area contributed by atoms with E-state index in [0.717, 1.165) is 11.1 Å². The van der Waals surface area contributed by atoms with E-state index in [1.807, 2.05) is 71.6 Å². The van der Waals surface area contributed by atoms with Crippen molar-refractivity contribution in [2.24, 2.45) is 0 Å². The van der Waals surface area contributed by atoms with Crippen molar-refractivity contribution in [3.05, 3.63) is 77.9 Å². The second-order valence-electron chi connectivity index (χ2n) is 7.82. The molecule has 34 heavy (non-hydrogen) atoms. The maximum absolute atomic E-state index is 13.3. The Morgan fingerprint density at radius 1 is 0.824 bits per heavy atom. The Hall–Kier alpha value is -3.87. The number of amides is 1. The Bertz CT molecular complexity index is 1120. The van der Waals surface area contributed by atoms with Crippen LogP contribution in [0, 0.1) is 0 Å². The maximum atomic E-state index is 13.3. The fourth-order valence-electron chi connectivity index (χ4n) is 4.16. The van der Waals surface area contributed by atoms with Crippen LogP contribution >= 0.6 is 0 Å². The fourth-order valence-corrected chi connectivity index (χ4v) is 4.16. The molecule has 0 saturated heterocycles. The number of carbonyl (C=O) groups is 1. The lowest BCUT2D eigenvalue weighted by molar-refractivity contribution is -0.137. The normalized spacial score (nSPS) is 14.7. The molecule has 0 unspecified atom stereocenters. The Labute approximate surface area is 199 Å². The molecule has 178 valence electrons. The number of fused-ring (bicyclic) bond motifs is 1. The number of hydrogen-bond donors (Lipinski definition) is 0. The van der Waals surface area contributed by atoms with E-state index in [4.69, 9.17) is 23.7 Å². The fraction of sp³-hybridized carbons (Fsp3) is 0.296. The molecule has 7 heteroatoms. The van der Waals surface area contributed by atoms with Gasteiger partial charge in [0.2, 0.25) is 0 Å². The smallest absolute Gasteiger partial charge is 0.261 e. The molecule has 0 N–H and O–H groups in total.